The van der Waals surface area contributed by atoms with Gasteiger partial charge < -0.3 is 15.5 Å². The number of nitrogens with one attached hydrogen (secondary N) is 3. The van der Waals surface area contributed by atoms with Crippen LogP contribution >= 0.6 is 0 Å². The second-order valence-electron chi connectivity index (χ2n) is 8.37. The number of pyridine rings is 1. The lowest BCUT2D eigenvalue weighted by Crippen LogP contribution is -2.47. The Morgan fingerprint density at radius 3 is 2.45 bits per heavy atom. The Morgan fingerprint density at radius 2 is 1.79 bits per heavy atom. The number of aromatic nitrogens is 1. The lowest BCUT2D eigenvalue weighted by Gasteiger charge is -2.32. The molecule has 0 aliphatic carbocycles. The van der Waals surface area contributed by atoms with Crippen molar-refractivity contribution in [1.29, 1.82) is 0 Å². The van der Waals surface area contributed by atoms with Crippen LogP contribution < -0.4 is 16.0 Å². The molecule has 4 rings (SSSR count). The first-order valence-electron chi connectivity index (χ1n) is 11.2. The van der Waals surface area contributed by atoms with Crippen molar-refractivity contribution >= 4 is 29.3 Å². The second kappa shape index (κ2) is 10.2. The molecule has 1 atom stereocenters. The number of carbonyl (C=O) groups is 4. The van der Waals surface area contributed by atoms with Crippen molar-refractivity contribution in [3.05, 3.63) is 59.9 Å². The molecule has 1 aromatic carbocycles. The average Bonchev–Trinajstić information content (AvgIpc) is 2.83. The highest BCUT2D eigenvalue weighted by atomic mass is 16.2. The van der Waals surface area contributed by atoms with E-state index >= 15 is 0 Å². The first-order valence-corrected chi connectivity index (χ1v) is 11.2. The van der Waals surface area contributed by atoms with Gasteiger partial charge >= 0.3 is 0 Å². The van der Waals surface area contributed by atoms with Crippen LogP contribution in [0.2, 0.25) is 0 Å². The first kappa shape index (κ1) is 22.4. The minimum atomic E-state index is -0.436. The maximum Gasteiger partial charge on any atom is 0.270 e. The van der Waals surface area contributed by atoms with Gasteiger partial charge in [-0.1, -0.05) is 18.2 Å². The van der Waals surface area contributed by atoms with Crippen LogP contribution in [0.3, 0.4) is 0 Å². The van der Waals surface area contributed by atoms with Crippen LogP contribution in [0.25, 0.3) is 0 Å². The lowest BCUT2D eigenvalue weighted by molar-refractivity contribution is -0.134. The number of hydrogen-bond acceptors (Lipinski definition) is 6. The fourth-order valence-corrected chi connectivity index (χ4v) is 4.07. The van der Waals surface area contributed by atoms with E-state index in [1.807, 2.05) is 29.2 Å². The van der Waals surface area contributed by atoms with Crippen molar-refractivity contribution in [2.24, 2.45) is 0 Å². The summed E-state index contributed by atoms with van der Waals surface area (Å²) in [4.78, 5) is 54.0. The lowest BCUT2D eigenvalue weighted by atomic mass is 10.0. The van der Waals surface area contributed by atoms with E-state index in [0.717, 1.165) is 11.3 Å². The SMILES string of the molecule is O=C1CCC(Nc2ccc(CC(=O)N3CCC(NC(=O)c4ccccn4)CC3)cc2)C(=O)N1. The molecule has 2 saturated heterocycles. The van der Waals surface area contributed by atoms with E-state index in [0.29, 0.717) is 50.9 Å². The summed E-state index contributed by atoms with van der Waals surface area (Å²) in [5.74, 6) is -0.696. The van der Waals surface area contributed by atoms with Crippen LogP contribution in [0.15, 0.2) is 48.7 Å². The average molecular weight is 450 g/mol. The number of amides is 4. The van der Waals surface area contributed by atoms with Gasteiger partial charge in [-0.15, -0.1) is 0 Å². The molecular weight excluding hydrogens is 422 g/mol. The molecule has 33 heavy (non-hydrogen) atoms. The van der Waals surface area contributed by atoms with E-state index in [9.17, 15) is 19.2 Å². The van der Waals surface area contributed by atoms with Crippen LogP contribution in [-0.2, 0) is 20.8 Å². The van der Waals surface area contributed by atoms with Crippen molar-refractivity contribution in [2.75, 3.05) is 18.4 Å². The van der Waals surface area contributed by atoms with Crippen molar-refractivity contribution in [3.8, 4) is 0 Å². The number of likely N-dealkylation sites (tertiary alicyclic amines) is 1. The topological polar surface area (TPSA) is 120 Å². The molecule has 3 N–H and O–H groups in total. The predicted octanol–water partition coefficient (Wildman–Crippen LogP) is 1.26. The van der Waals surface area contributed by atoms with Crippen molar-refractivity contribution < 1.29 is 19.2 Å². The van der Waals surface area contributed by atoms with Crippen molar-refractivity contribution in [3.63, 3.8) is 0 Å². The van der Waals surface area contributed by atoms with Crippen LogP contribution in [0, 0.1) is 0 Å². The number of imide groups is 1. The Balaban J connectivity index is 1.22. The zero-order chi connectivity index (χ0) is 23.2. The fraction of sp³-hybridized carbons (Fsp3) is 0.375. The highest BCUT2D eigenvalue weighted by Gasteiger charge is 2.27. The number of carbonyl (C=O) groups excluding carboxylic acids is 4. The van der Waals surface area contributed by atoms with Gasteiger partial charge in [0.05, 0.1) is 6.42 Å². The molecule has 2 aliphatic rings. The number of piperidine rings is 2. The van der Waals surface area contributed by atoms with Gasteiger partial charge in [0.15, 0.2) is 0 Å². The van der Waals surface area contributed by atoms with Crippen molar-refractivity contribution in [2.45, 2.75) is 44.2 Å². The molecule has 0 spiro atoms. The van der Waals surface area contributed by atoms with E-state index < -0.39 is 6.04 Å². The Labute approximate surface area is 191 Å². The molecule has 9 heteroatoms. The summed E-state index contributed by atoms with van der Waals surface area (Å²) in [6.45, 7) is 1.20. The largest absolute Gasteiger partial charge is 0.374 e. The summed E-state index contributed by atoms with van der Waals surface area (Å²) in [6, 6.07) is 12.2. The summed E-state index contributed by atoms with van der Waals surface area (Å²) in [5, 5.41) is 8.45. The second-order valence-corrected chi connectivity index (χ2v) is 8.37. The number of benzene rings is 1. The van der Waals surface area contributed by atoms with Gasteiger partial charge in [0.25, 0.3) is 5.91 Å². The molecule has 1 aromatic heterocycles. The monoisotopic (exact) mass is 449 g/mol. The van der Waals surface area contributed by atoms with Gasteiger partial charge in [-0.05, 0) is 49.1 Å². The van der Waals surface area contributed by atoms with Gasteiger partial charge in [-0.2, -0.15) is 0 Å². The third-order valence-corrected chi connectivity index (χ3v) is 5.97. The van der Waals surface area contributed by atoms with Gasteiger partial charge in [0.1, 0.15) is 11.7 Å². The number of nitrogens with zero attached hydrogens (tertiary/aromatic N) is 2. The predicted molar refractivity (Wildman–Crippen MR) is 121 cm³/mol. The van der Waals surface area contributed by atoms with Crippen LogP contribution in [0.1, 0.15) is 41.7 Å². The fourth-order valence-electron chi connectivity index (χ4n) is 4.07. The maximum atomic E-state index is 12.7. The summed E-state index contributed by atoms with van der Waals surface area (Å²) in [7, 11) is 0. The molecule has 2 aliphatic heterocycles. The molecule has 0 radical (unpaired) electrons. The normalized spacial score (nSPS) is 19.0. The van der Waals surface area contributed by atoms with E-state index in [2.05, 4.69) is 20.9 Å². The Hall–Kier alpha value is -3.75. The van der Waals surface area contributed by atoms with Crippen molar-refractivity contribution in [1.82, 2.24) is 20.5 Å². The van der Waals surface area contributed by atoms with Gasteiger partial charge in [-0.3, -0.25) is 29.5 Å². The third kappa shape index (κ3) is 5.94. The van der Waals surface area contributed by atoms with Gasteiger partial charge in [0.2, 0.25) is 17.7 Å². The van der Waals surface area contributed by atoms with Crippen LogP contribution in [-0.4, -0.2) is 58.7 Å². The summed E-state index contributed by atoms with van der Waals surface area (Å²) in [5.41, 5.74) is 2.05. The van der Waals surface area contributed by atoms with Gasteiger partial charge in [0, 0.05) is 37.4 Å². The summed E-state index contributed by atoms with van der Waals surface area (Å²) < 4.78 is 0. The van der Waals surface area contributed by atoms with Crippen LogP contribution in [0.5, 0.6) is 0 Å². The summed E-state index contributed by atoms with van der Waals surface area (Å²) in [6.07, 6.45) is 4.08. The maximum absolute atomic E-state index is 12.7. The van der Waals surface area contributed by atoms with E-state index in [4.69, 9.17) is 0 Å². The molecule has 4 amide bonds. The minimum Gasteiger partial charge on any atom is -0.374 e. The Morgan fingerprint density at radius 1 is 1.03 bits per heavy atom. The zero-order valence-electron chi connectivity index (χ0n) is 18.3. The number of rotatable bonds is 6. The van der Waals surface area contributed by atoms with E-state index in [1.165, 1.54) is 0 Å². The quantitative estimate of drug-likeness (QED) is 0.571. The zero-order valence-corrected chi connectivity index (χ0v) is 18.3. The van der Waals surface area contributed by atoms with Gasteiger partial charge in [-0.25, -0.2) is 0 Å². The third-order valence-electron chi connectivity index (χ3n) is 5.97. The highest BCUT2D eigenvalue weighted by molar-refractivity contribution is 6.01. The highest BCUT2D eigenvalue weighted by Crippen LogP contribution is 2.17. The molecule has 172 valence electrons. The van der Waals surface area contributed by atoms with E-state index in [1.54, 1.807) is 24.4 Å². The Kier molecular flexibility index (Phi) is 6.97. The molecule has 0 saturated carbocycles. The number of hydrogen-bond donors (Lipinski definition) is 3. The Bertz CT molecular complexity index is 1020. The molecule has 2 fully saturated rings. The summed E-state index contributed by atoms with van der Waals surface area (Å²) >= 11 is 0. The first-order chi connectivity index (χ1) is 16.0. The molecule has 3 heterocycles. The number of anilines is 1. The molecule has 9 nitrogen and oxygen atoms in total. The minimum absolute atomic E-state index is 0.0289. The van der Waals surface area contributed by atoms with E-state index in [-0.39, 0.29) is 29.7 Å². The molecule has 2 aromatic rings. The molecule has 1 unspecified atom stereocenters. The smallest absolute Gasteiger partial charge is 0.270 e. The molecule has 0 bridgehead atoms. The van der Waals surface area contributed by atoms with Crippen LogP contribution in [0.4, 0.5) is 5.69 Å². The molecular formula is C24H27N5O4. The standard InChI is InChI=1S/C24H27N5O4/c30-21-9-8-20(24(33)28-21)26-17-6-4-16(5-7-17)15-22(31)29-13-10-18(11-14-29)27-23(32)19-3-1-2-12-25-19/h1-7,12,18,20,26H,8-11,13-15H2,(H,27,32)(H,28,30,33).